The normalized spacial score (nSPS) is 11.2. The summed E-state index contributed by atoms with van der Waals surface area (Å²) < 4.78 is 0. The predicted octanol–water partition coefficient (Wildman–Crippen LogP) is 5.32. The fourth-order valence-corrected chi connectivity index (χ4v) is 2.06. The van der Waals surface area contributed by atoms with Crippen LogP contribution in [-0.4, -0.2) is 4.98 Å². The molecule has 0 radical (unpaired) electrons. The summed E-state index contributed by atoms with van der Waals surface area (Å²) in [6, 6.07) is 6.13. The lowest BCUT2D eigenvalue weighted by atomic mass is 10.1. The molecule has 0 aliphatic rings. The highest BCUT2D eigenvalue weighted by Gasteiger charge is 1.90. The van der Waals surface area contributed by atoms with Crippen LogP contribution in [0.2, 0.25) is 0 Å². The second-order valence-electron chi connectivity index (χ2n) is 4.89. The maximum absolute atomic E-state index is 4.32. The van der Waals surface area contributed by atoms with Crippen LogP contribution in [0.15, 0.2) is 36.5 Å². The van der Waals surface area contributed by atoms with Gasteiger partial charge >= 0.3 is 0 Å². The van der Waals surface area contributed by atoms with Crippen molar-refractivity contribution in [3.63, 3.8) is 0 Å². The number of rotatable bonds is 10. The summed E-state index contributed by atoms with van der Waals surface area (Å²) in [4.78, 5) is 4.32. The summed E-state index contributed by atoms with van der Waals surface area (Å²) in [6.07, 6.45) is 18.3. The van der Waals surface area contributed by atoms with Crippen molar-refractivity contribution >= 4 is 0 Å². The Morgan fingerprint density at radius 2 is 1.72 bits per heavy atom. The van der Waals surface area contributed by atoms with Crippen LogP contribution in [0.25, 0.3) is 0 Å². The summed E-state index contributed by atoms with van der Waals surface area (Å²) in [5, 5.41) is 0. The van der Waals surface area contributed by atoms with Gasteiger partial charge in [0.05, 0.1) is 0 Å². The van der Waals surface area contributed by atoms with E-state index in [2.05, 4.69) is 36.2 Å². The van der Waals surface area contributed by atoms with Crippen LogP contribution in [0.4, 0.5) is 0 Å². The summed E-state index contributed by atoms with van der Waals surface area (Å²) in [5.74, 6) is 0. The molecule has 0 atom stereocenters. The van der Waals surface area contributed by atoms with Gasteiger partial charge in [0.1, 0.15) is 0 Å². The first-order valence-corrected chi connectivity index (χ1v) is 7.48. The summed E-state index contributed by atoms with van der Waals surface area (Å²) >= 11 is 0. The van der Waals surface area contributed by atoms with Crippen molar-refractivity contribution in [3.8, 4) is 0 Å². The Morgan fingerprint density at radius 3 is 2.50 bits per heavy atom. The third-order valence-electron chi connectivity index (χ3n) is 3.18. The van der Waals surface area contributed by atoms with Crippen molar-refractivity contribution in [2.75, 3.05) is 0 Å². The molecule has 1 heterocycles. The van der Waals surface area contributed by atoms with Crippen LogP contribution in [0.1, 0.15) is 64.0 Å². The Labute approximate surface area is 112 Å². The van der Waals surface area contributed by atoms with Crippen molar-refractivity contribution in [3.05, 3.63) is 42.2 Å². The first-order valence-electron chi connectivity index (χ1n) is 7.48. The van der Waals surface area contributed by atoms with E-state index in [4.69, 9.17) is 0 Å². The summed E-state index contributed by atoms with van der Waals surface area (Å²) in [6.45, 7) is 2.27. The second-order valence-corrected chi connectivity index (χ2v) is 4.89. The van der Waals surface area contributed by atoms with Gasteiger partial charge in [-0.3, -0.25) is 4.98 Å². The molecule has 0 aliphatic heterocycles. The SMILES string of the molecule is CCCCCCCCC=CCCc1ccccn1. The highest BCUT2D eigenvalue weighted by atomic mass is 14.7. The molecule has 0 spiro atoms. The quantitative estimate of drug-likeness (QED) is 0.401. The van der Waals surface area contributed by atoms with Gasteiger partial charge in [0.25, 0.3) is 0 Å². The van der Waals surface area contributed by atoms with Gasteiger partial charge in [0.15, 0.2) is 0 Å². The van der Waals surface area contributed by atoms with Gasteiger partial charge in [0.2, 0.25) is 0 Å². The second kappa shape index (κ2) is 11.0. The number of hydrogen-bond acceptors (Lipinski definition) is 1. The van der Waals surface area contributed by atoms with Crippen LogP contribution in [0, 0.1) is 0 Å². The molecule has 0 bridgehead atoms. The molecular weight excluding hydrogens is 218 g/mol. The van der Waals surface area contributed by atoms with Gasteiger partial charge in [-0.1, -0.05) is 57.2 Å². The lowest BCUT2D eigenvalue weighted by Crippen LogP contribution is -1.86. The lowest BCUT2D eigenvalue weighted by Gasteiger charge is -1.98. The smallest absolute Gasteiger partial charge is 0.0406 e. The number of pyridine rings is 1. The van der Waals surface area contributed by atoms with Crippen molar-refractivity contribution < 1.29 is 0 Å². The Balaban J connectivity index is 1.92. The topological polar surface area (TPSA) is 12.9 Å². The number of aryl methyl sites for hydroxylation is 1. The highest BCUT2D eigenvalue weighted by molar-refractivity contribution is 5.04. The van der Waals surface area contributed by atoms with E-state index in [1.54, 1.807) is 0 Å². The zero-order chi connectivity index (χ0) is 12.9. The molecule has 1 rings (SSSR count). The minimum absolute atomic E-state index is 1.06. The Hall–Kier alpha value is -1.11. The van der Waals surface area contributed by atoms with Gasteiger partial charge in [0, 0.05) is 11.9 Å². The van der Waals surface area contributed by atoms with E-state index in [9.17, 15) is 0 Å². The van der Waals surface area contributed by atoms with E-state index in [-0.39, 0.29) is 0 Å². The molecule has 1 heteroatoms. The standard InChI is InChI=1S/C17H27N/c1-2-3-4-5-6-7-8-9-10-11-14-17-15-12-13-16-18-17/h9-10,12-13,15-16H,2-8,11,14H2,1H3. The molecule has 0 N–H and O–H groups in total. The molecule has 1 nitrogen and oxygen atoms in total. The van der Waals surface area contributed by atoms with Crippen LogP contribution < -0.4 is 0 Å². The maximum Gasteiger partial charge on any atom is 0.0406 e. The fourth-order valence-electron chi connectivity index (χ4n) is 2.06. The molecule has 0 saturated carbocycles. The molecule has 0 amide bonds. The summed E-state index contributed by atoms with van der Waals surface area (Å²) in [5.41, 5.74) is 1.20. The molecule has 0 saturated heterocycles. The number of aromatic nitrogens is 1. The number of allylic oxidation sites excluding steroid dienone is 2. The lowest BCUT2D eigenvalue weighted by molar-refractivity contribution is 0.611. The van der Waals surface area contributed by atoms with Gasteiger partial charge in [-0.2, -0.15) is 0 Å². The molecule has 1 aromatic rings. The largest absolute Gasteiger partial charge is 0.261 e. The molecular formula is C17H27N. The van der Waals surface area contributed by atoms with Gasteiger partial charge in [-0.25, -0.2) is 0 Å². The zero-order valence-electron chi connectivity index (χ0n) is 11.8. The van der Waals surface area contributed by atoms with Gasteiger partial charge < -0.3 is 0 Å². The van der Waals surface area contributed by atoms with Gasteiger partial charge in [-0.15, -0.1) is 0 Å². The predicted molar refractivity (Wildman–Crippen MR) is 79.7 cm³/mol. The molecule has 100 valence electrons. The maximum atomic E-state index is 4.32. The minimum atomic E-state index is 1.06. The van der Waals surface area contributed by atoms with Crippen LogP contribution >= 0.6 is 0 Å². The molecule has 0 aliphatic carbocycles. The number of unbranched alkanes of at least 4 members (excludes halogenated alkanes) is 6. The Bertz CT molecular complexity index is 303. The third kappa shape index (κ3) is 8.05. The molecule has 18 heavy (non-hydrogen) atoms. The molecule has 0 unspecified atom stereocenters. The van der Waals surface area contributed by atoms with Gasteiger partial charge in [-0.05, 0) is 37.8 Å². The molecule has 0 aromatic carbocycles. The van der Waals surface area contributed by atoms with Crippen LogP contribution in [0.3, 0.4) is 0 Å². The van der Waals surface area contributed by atoms with E-state index in [1.807, 2.05) is 12.3 Å². The van der Waals surface area contributed by atoms with E-state index in [1.165, 1.54) is 50.6 Å². The summed E-state index contributed by atoms with van der Waals surface area (Å²) in [7, 11) is 0. The van der Waals surface area contributed by atoms with Crippen LogP contribution in [-0.2, 0) is 6.42 Å². The zero-order valence-corrected chi connectivity index (χ0v) is 11.8. The minimum Gasteiger partial charge on any atom is -0.261 e. The van der Waals surface area contributed by atoms with Crippen molar-refractivity contribution in [2.24, 2.45) is 0 Å². The van der Waals surface area contributed by atoms with E-state index in [0.717, 1.165) is 12.8 Å². The first-order chi connectivity index (χ1) is 8.93. The van der Waals surface area contributed by atoms with Crippen LogP contribution in [0.5, 0.6) is 0 Å². The number of hydrogen-bond donors (Lipinski definition) is 0. The van der Waals surface area contributed by atoms with Crippen molar-refractivity contribution in [1.29, 1.82) is 0 Å². The Morgan fingerprint density at radius 1 is 0.944 bits per heavy atom. The average molecular weight is 245 g/mol. The Kier molecular flexibility index (Phi) is 9.14. The van der Waals surface area contributed by atoms with E-state index < -0.39 is 0 Å². The average Bonchev–Trinajstić information content (AvgIpc) is 2.42. The number of nitrogens with zero attached hydrogens (tertiary/aromatic N) is 1. The monoisotopic (exact) mass is 245 g/mol. The molecule has 0 fully saturated rings. The third-order valence-corrected chi connectivity index (χ3v) is 3.18. The fraction of sp³-hybridized carbons (Fsp3) is 0.588. The molecule has 1 aromatic heterocycles. The van der Waals surface area contributed by atoms with E-state index in [0.29, 0.717) is 0 Å². The highest BCUT2D eigenvalue weighted by Crippen LogP contribution is 2.07. The van der Waals surface area contributed by atoms with E-state index >= 15 is 0 Å². The van der Waals surface area contributed by atoms with Crippen molar-refractivity contribution in [2.45, 2.75) is 64.7 Å². The first kappa shape index (κ1) is 14.9. The van der Waals surface area contributed by atoms with Crippen molar-refractivity contribution in [1.82, 2.24) is 4.98 Å².